The molecular formula is C24H26N4O3S. The van der Waals surface area contributed by atoms with Gasteiger partial charge in [-0.3, -0.25) is 4.79 Å². The molecule has 3 heterocycles. The van der Waals surface area contributed by atoms with E-state index < -0.39 is 0 Å². The van der Waals surface area contributed by atoms with Crippen LogP contribution >= 0.6 is 11.3 Å². The van der Waals surface area contributed by atoms with Crippen LogP contribution in [0.5, 0.6) is 5.88 Å². The van der Waals surface area contributed by atoms with Crippen molar-refractivity contribution < 1.29 is 14.6 Å². The Morgan fingerprint density at radius 1 is 1.09 bits per heavy atom. The lowest BCUT2D eigenvalue weighted by molar-refractivity contribution is -0.118. The predicted molar refractivity (Wildman–Crippen MR) is 127 cm³/mol. The number of anilines is 4. The third kappa shape index (κ3) is 4.42. The van der Waals surface area contributed by atoms with Crippen molar-refractivity contribution in [1.29, 1.82) is 0 Å². The number of nitrogens with zero attached hydrogens (tertiary/aromatic N) is 3. The molecule has 2 aliphatic heterocycles. The quantitative estimate of drug-likeness (QED) is 0.613. The van der Waals surface area contributed by atoms with Crippen molar-refractivity contribution in [3.8, 4) is 5.88 Å². The Labute approximate surface area is 191 Å². The summed E-state index contributed by atoms with van der Waals surface area (Å²) in [6.45, 7) is 4.00. The molecule has 1 aromatic heterocycles. The van der Waals surface area contributed by atoms with Gasteiger partial charge in [-0.1, -0.05) is 29.5 Å². The number of ether oxygens (including phenoxy) is 1. The highest BCUT2D eigenvalue weighted by Crippen LogP contribution is 2.33. The van der Waals surface area contributed by atoms with Crippen molar-refractivity contribution in [1.82, 2.24) is 4.98 Å². The van der Waals surface area contributed by atoms with E-state index in [4.69, 9.17) is 4.74 Å². The summed E-state index contributed by atoms with van der Waals surface area (Å²) in [5.74, 6) is -0.0985. The second kappa shape index (κ2) is 9.18. The number of para-hydroxylation sites is 1. The van der Waals surface area contributed by atoms with E-state index >= 15 is 0 Å². The van der Waals surface area contributed by atoms with Crippen LogP contribution in [0, 0.1) is 0 Å². The number of benzene rings is 2. The topological polar surface area (TPSA) is 77.9 Å². The Kier molecular flexibility index (Phi) is 5.96. The molecule has 1 amide bonds. The van der Waals surface area contributed by atoms with Gasteiger partial charge in [0.25, 0.3) is 0 Å². The molecule has 5 rings (SSSR count). The number of hydrogen-bond donors (Lipinski definition) is 2. The van der Waals surface area contributed by atoms with Crippen LogP contribution in [0.15, 0.2) is 48.5 Å². The molecule has 2 aromatic carbocycles. The lowest BCUT2D eigenvalue weighted by Gasteiger charge is -2.29. The molecule has 32 heavy (non-hydrogen) atoms. The van der Waals surface area contributed by atoms with Gasteiger partial charge in [-0.15, -0.1) is 0 Å². The van der Waals surface area contributed by atoms with Crippen LogP contribution in [0.1, 0.15) is 16.9 Å². The van der Waals surface area contributed by atoms with Gasteiger partial charge in [0.05, 0.1) is 24.5 Å². The number of carbonyl (C=O) groups excluding carboxylic acids is 1. The molecule has 7 nitrogen and oxygen atoms in total. The normalized spacial score (nSPS) is 16.0. The molecule has 0 aliphatic carbocycles. The number of aryl methyl sites for hydroxylation is 1. The lowest BCUT2D eigenvalue weighted by Crippen LogP contribution is -2.36. The Hall–Kier alpha value is -3.10. The standard InChI is InChI=1S/C24H26N4O3S/c29-22(28-11-3-5-17-4-1-2-6-20(17)28)16-21-23(30)26-24(32-21)25-18-7-9-19(10-8-18)27-12-14-31-15-13-27/h1-2,4,6-10,30H,3,5,11-16H2,(H,25,26). The highest BCUT2D eigenvalue weighted by Gasteiger charge is 2.24. The summed E-state index contributed by atoms with van der Waals surface area (Å²) >= 11 is 1.31. The Morgan fingerprint density at radius 2 is 1.88 bits per heavy atom. The number of fused-ring (bicyclic) bond motifs is 1. The van der Waals surface area contributed by atoms with E-state index in [1.165, 1.54) is 16.9 Å². The van der Waals surface area contributed by atoms with Crippen LogP contribution in [0.2, 0.25) is 0 Å². The Balaban J connectivity index is 1.25. The smallest absolute Gasteiger partial charge is 0.232 e. The van der Waals surface area contributed by atoms with Gasteiger partial charge in [0.2, 0.25) is 11.8 Å². The van der Waals surface area contributed by atoms with Crippen molar-refractivity contribution >= 4 is 39.4 Å². The van der Waals surface area contributed by atoms with Crippen molar-refractivity contribution in [3.63, 3.8) is 0 Å². The monoisotopic (exact) mass is 450 g/mol. The van der Waals surface area contributed by atoms with Gasteiger partial charge in [-0.2, -0.15) is 4.98 Å². The van der Waals surface area contributed by atoms with E-state index in [1.54, 1.807) is 0 Å². The van der Waals surface area contributed by atoms with Gasteiger partial charge in [0.15, 0.2) is 5.13 Å². The number of rotatable bonds is 5. The molecule has 0 saturated carbocycles. The number of morpholine rings is 1. The van der Waals surface area contributed by atoms with Crippen LogP contribution in [0.3, 0.4) is 0 Å². The molecule has 166 valence electrons. The van der Waals surface area contributed by atoms with Gasteiger partial charge < -0.3 is 25.0 Å². The number of hydrogen-bond acceptors (Lipinski definition) is 7. The average Bonchev–Trinajstić information content (AvgIpc) is 3.18. The Morgan fingerprint density at radius 3 is 2.69 bits per heavy atom. The van der Waals surface area contributed by atoms with Gasteiger partial charge in [0, 0.05) is 36.7 Å². The predicted octanol–water partition coefficient (Wildman–Crippen LogP) is 3.95. The fraction of sp³-hybridized carbons (Fsp3) is 0.333. The van der Waals surface area contributed by atoms with E-state index in [-0.39, 0.29) is 18.2 Å². The largest absolute Gasteiger partial charge is 0.492 e. The number of thiazole rings is 1. The van der Waals surface area contributed by atoms with Crippen molar-refractivity contribution in [2.45, 2.75) is 19.3 Å². The highest BCUT2D eigenvalue weighted by atomic mass is 32.1. The van der Waals surface area contributed by atoms with Crippen LogP contribution in [-0.4, -0.2) is 48.8 Å². The molecule has 0 atom stereocenters. The van der Waals surface area contributed by atoms with Crippen molar-refractivity contribution in [3.05, 3.63) is 59.0 Å². The van der Waals surface area contributed by atoms with Crippen LogP contribution in [0.4, 0.5) is 22.2 Å². The fourth-order valence-electron chi connectivity index (χ4n) is 4.24. The molecule has 1 fully saturated rings. The van der Waals surface area contributed by atoms with Gasteiger partial charge in [0.1, 0.15) is 0 Å². The lowest BCUT2D eigenvalue weighted by atomic mass is 10.0. The summed E-state index contributed by atoms with van der Waals surface area (Å²) in [4.78, 5) is 21.9. The number of nitrogens with one attached hydrogen (secondary N) is 1. The van der Waals surface area contributed by atoms with Crippen molar-refractivity contribution in [2.75, 3.05) is 48.0 Å². The second-order valence-corrected chi connectivity index (χ2v) is 9.08. The average molecular weight is 451 g/mol. The summed E-state index contributed by atoms with van der Waals surface area (Å²) in [7, 11) is 0. The number of aromatic hydroxyl groups is 1. The number of amides is 1. The highest BCUT2D eigenvalue weighted by molar-refractivity contribution is 7.16. The zero-order valence-corrected chi connectivity index (χ0v) is 18.6. The fourth-order valence-corrected chi connectivity index (χ4v) is 5.11. The summed E-state index contributed by atoms with van der Waals surface area (Å²) in [5.41, 5.74) is 4.22. The molecule has 0 spiro atoms. The first-order chi connectivity index (χ1) is 15.7. The van der Waals surface area contributed by atoms with E-state index in [1.807, 2.05) is 35.2 Å². The maximum Gasteiger partial charge on any atom is 0.232 e. The molecule has 3 aromatic rings. The number of carbonyl (C=O) groups is 1. The van der Waals surface area contributed by atoms with Crippen LogP contribution in [-0.2, 0) is 22.4 Å². The Bertz CT molecular complexity index is 1090. The maximum absolute atomic E-state index is 13.0. The number of aromatic nitrogens is 1. The molecule has 0 radical (unpaired) electrons. The SMILES string of the molecule is O=C(Cc1sc(Nc2ccc(N3CCOCC3)cc2)nc1O)N1CCCc2ccccc21. The summed E-state index contributed by atoms with van der Waals surface area (Å²) in [6, 6.07) is 16.2. The van der Waals surface area contributed by atoms with E-state index in [0.29, 0.717) is 16.6 Å². The molecule has 0 unspecified atom stereocenters. The van der Waals surface area contributed by atoms with Gasteiger partial charge >= 0.3 is 0 Å². The molecule has 2 aliphatic rings. The second-order valence-electron chi connectivity index (χ2n) is 7.99. The first-order valence-electron chi connectivity index (χ1n) is 10.9. The summed E-state index contributed by atoms with van der Waals surface area (Å²) in [5, 5.41) is 14.2. The van der Waals surface area contributed by atoms with Gasteiger partial charge in [-0.05, 0) is 48.7 Å². The zero-order valence-electron chi connectivity index (χ0n) is 17.8. The third-order valence-electron chi connectivity index (χ3n) is 5.89. The minimum atomic E-state index is -0.0823. The molecule has 1 saturated heterocycles. The minimum absolute atomic E-state index is 0.0162. The summed E-state index contributed by atoms with van der Waals surface area (Å²) < 4.78 is 5.41. The molecule has 0 bridgehead atoms. The summed E-state index contributed by atoms with van der Waals surface area (Å²) in [6.07, 6.45) is 2.07. The van der Waals surface area contributed by atoms with E-state index in [9.17, 15) is 9.90 Å². The van der Waals surface area contributed by atoms with Crippen molar-refractivity contribution in [2.24, 2.45) is 0 Å². The minimum Gasteiger partial charge on any atom is -0.492 e. The van der Waals surface area contributed by atoms with E-state index in [0.717, 1.165) is 56.2 Å². The first-order valence-corrected chi connectivity index (χ1v) is 11.8. The maximum atomic E-state index is 13.0. The first kappa shape index (κ1) is 20.8. The van der Waals surface area contributed by atoms with E-state index in [2.05, 4.69) is 33.4 Å². The van der Waals surface area contributed by atoms with Crippen LogP contribution in [0.25, 0.3) is 0 Å². The molecule has 2 N–H and O–H groups in total. The van der Waals surface area contributed by atoms with Gasteiger partial charge in [-0.25, -0.2) is 0 Å². The molecular weight excluding hydrogens is 424 g/mol. The zero-order chi connectivity index (χ0) is 21.9. The molecule has 8 heteroatoms. The third-order valence-corrected chi connectivity index (χ3v) is 6.85. The van der Waals surface area contributed by atoms with Crippen LogP contribution < -0.4 is 15.1 Å².